The summed E-state index contributed by atoms with van der Waals surface area (Å²) in [6.07, 6.45) is 0.581. The van der Waals surface area contributed by atoms with Gasteiger partial charge in [-0.15, -0.1) is 0 Å². The summed E-state index contributed by atoms with van der Waals surface area (Å²) in [7, 11) is 0. The molecule has 1 spiro atoms. The van der Waals surface area contributed by atoms with Crippen LogP contribution in [0.15, 0.2) is 24.3 Å². The monoisotopic (exact) mass is 396 g/mol. The van der Waals surface area contributed by atoms with Gasteiger partial charge in [0.1, 0.15) is 6.61 Å². The largest absolute Gasteiger partial charge is 0.480 e. The molecule has 0 unspecified atom stereocenters. The van der Waals surface area contributed by atoms with Gasteiger partial charge in [-0.3, -0.25) is 14.4 Å². The lowest BCUT2D eigenvalue weighted by Crippen LogP contribution is -2.71. The Bertz CT molecular complexity index is 991. The fraction of sp³-hybridized carbons (Fsp3) is 0.524. The van der Waals surface area contributed by atoms with Gasteiger partial charge in [0.05, 0.1) is 18.6 Å². The summed E-state index contributed by atoms with van der Waals surface area (Å²) < 4.78 is 5.66. The van der Waals surface area contributed by atoms with Crippen molar-refractivity contribution in [2.75, 3.05) is 18.1 Å². The second-order valence-corrected chi connectivity index (χ2v) is 8.76. The zero-order valence-corrected chi connectivity index (χ0v) is 15.6. The molecule has 6 atom stereocenters. The van der Waals surface area contributed by atoms with Crippen LogP contribution in [0.1, 0.15) is 24.8 Å². The summed E-state index contributed by atoms with van der Waals surface area (Å²) in [4.78, 5) is 53.7. The third kappa shape index (κ3) is 1.88. The second-order valence-electron chi connectivity index (χ2n) is 8.76. The molecule has 0 aromatic heterocycles. The zero-order chi connectivity index (χ0) is 20.1. The number of aliphatic carboxylic acids is 1. The van der Waals surface area contributed by atoms with Gasteiger partial charge in [0.2, 0.25) is 11.7 Å². The Balaban J connectivity index is 1.56. The van der Waals surface area contributed by atoms with Crippen molar-refractivity contribution in [1.29, 1.82) is 0 Å². The predicted octanol–water partition coefficient (Wildman–Crippen LogP) is 0.333. The molecule has 8 nitrogen and oxygen atoms in total. The summed E-state index contributed by atoms with van der Waals surface area (Å²) in [6.45, 7) is -0.0201. The molecular formula is C21H20N2O6. The number of piperidine rings is 2. The van der Waals surface area contributed by atoms with E-state index in [0.29, 0.717) is 19.4 Å². The Morgan fingerprint density at radius 3 is 2.83 bits per heavy atom. The van der Waals surface area contributed by atoms with E-state index in [2.05, 4.69) is 0 Å². The molecule has 6 rings (SSSR count). The standard InChI is InChI=1S/C21H20N2O6/c24-15-8-13(29-9-16(25)26)17-10-7-14-21(5-6-22(14)20(28)18(10)27)11-3-1-2-4-12(11)23(15)19(17)21/h1-4,10,13-14,17,19H,5-9H2,(H,25,26)/t10-,13-,14+,17-,19-,21+/m0/s1. The summed E-state index contributed by atoms with van der Waals surface area (Å²) >= 11 is 0. The maximum absolute atomic E-state index is 13.2. The molecule has 4 fully saturated rings. The highest BCUT2D eigenvalue weighted by atomic mass is 16.5. The Kier molecular flexibility index (Phi) is 3.22. The van der Waals surface area contributed by atoms with Crippen LogP contribution >= 0.6 is 0 Å². The van der Waals surface area contributed by atoms with Crippen LogP contribution in [0.4, 0.5) is 5.69 Å². The molecule has 150 valence electrons. The van der Waals surface area contributed by atoms with Crippen LogP contribution in [0, 0.1) is 11.8 Å². The fourth-order valence-corrected chi connectivity index (χ4v) is 6.98. The number of nitrogens with zero attached hydrogens (tertiary/aromatic N) is 2. The van der Waals surface area contributed by atoms with Crippen molar-refractivity contribution in [2.45, 2.75) is 42.9 Å². The van der Waals surface area contributed by atoms with Crippen molar-refractivity contribution in [1.82, 2.24) is 4.90 Å². The number of anilines is 1. The Labute approximate surface area is 166 Å². The van der Waals surface area contributed by atoms with Crippen molar-refractivity contribution < 1.29 is 29.0 Å². The highest BCUT2D eigenvalue weighted by molar-refractivity contribution is 6.38. The minimum Gasteiger partial charge on any atom is -0.480 e. The van der Waals surface area contributed by atoms with E-state index in [9.17, 15) is 19.2 Å². The molecule has 29 heavy (non-hydrogen) atoms. The third-order valence-corrected chi connectivity index (χ3v) is 7.82. The lowest BCUT2D eigenvalue weighted by atomic mass is 9.54. The number of ether oxygens (including phenoxy) is 1. The topological polar surface area (TPSA) is 104 Å². The van der Waals surface area contributed by atoms with Gasteiger partial charge in [-0.2, -0.15) is 0 Å². The number of ketones is 1. The average Bonchev–Trinajstić information content (AvgIpc) is 3.24. The van der Waals surface area contributed by atoms with E-state index in [1.807, 2.05) is 29.2 Å². The quantitative estimate of drug-likeness (QED) is 0.739. The number of hydrogen-bond donors (Lipinski definition) is 1. The summed E-state index contributed by atoms with van der Waals surface area (Å²) in [6, 6.07) is 7.43. The van der Waals surface area contributed by atoms with Gasteiger partial charge in [0.25, 0.3) is 5.91 Å². The van der Waals surface area contributed by atoms with E-state index in [1.54, 1.807) is 4.90 Å². The van der Waals surface area contributed by atoms with Crippen molar-refractivity contribution in [3.8, 4) is 0 Å². The van der Waals surface area contributed by atoms with Crippen LogP contribution in [0.3, 0.4) is 0 Å². The number of para-hydroxylation sites is 1. The molecule has 4 aliphatic heterocycles. The van der Waals surface area contributed by atoms with Crippen LogP contribution in [-0.4, -0.2) is 64.9 Å². The molecule has 3 saturated heterocycles. The van der Waals surface area contributed by atoms with E-state index < -0.39 is 41.7 Å². The number of amides is 2. The van der Waals surface area contributed by atoms with Gasteiger partial charge >= 0.3 is 5.97 Å². The molecule has 4 heterocycles. The lowest BCUT2D eigenvalue weighted by Gasteiger charge is -2.57. The van der Waals surface area contributed by atoms with Crippen LogP contribution in [0.2, 0.25) is 0 Å². The molecule has 0 radical (unpaired) electrons. The van der Waals surface area contributed by atoms with Crippen LogP contribution in [0.5, 0.6) is 0 Å². The number of benzene rings is 1. The maximum atomic E-state index is 13.2. The van der Waals surface area contributed by atoms with Crippen LogP contribution in [-0.2, 0) is 29.3 Å². The average molecular weight is 396 g/mol. The van der Waals surface area contributed by atoms with Crippen molar-refractivity contribution in [3.63, 3.8) is 0 Å². The molecule has 1 aromatic carbocycles. The van der Waals surface area contributed by atoms with Crippen LogP contribution in [0.25, 0.3) is 0 Å². The van der Waals surface area contributed by atoms with Gasteiger partial charge in [-0.1, -0.05) is 18.2 Å². The number of carbonyl (C=O) groups is 4. The van der Waals surface area contributed by atoms with E-state index in [-0.39, 0.29) is 30.3 Å². The molecule has 1 N–H and O–H groups in total. The van der Waals surface area contributed by atoms with Gasteiger partial charge in [-0.25, -0.2) is 4.79 Å². The zero-order valence-electron chi connectivity index (χ0n) is 15.6. The fourth-order valence-electron chi connectivity index (χ4n) is 6.98. The SMILES string of the molecule is O=C(O)CO[C@H]1CC(=O)N2c3ccccc3[C@]34CCN5C(=O)C(=O)[C@@H](C[C@@H]53)[C@@H]1[C@H]24. The smallest absolute Gasteiger partial charge is 0.329 e. The van der Waals surface area contributed by atoms with E-state index in [1.165, 1.54) is 0 Å². The third-order valence-electron chi connectivity index (χ3n) is 7.82. The number of carboxylic acids is 1. The first-order valence-corrected chi connectivity index (χ1v) is 10.0. The molecule has 8 heteroatoms. The molecule has 2 amide bonds. The molecule has 2 bridgehead atoms. The van der Waals surface area contributed by atoms with Gasteiger partial charge in [-0.05, 0) is 24.5 Å². The Morgan fingerprint density at radius 1 is 1.24 bits per heavy atom. The second kappa shape index (κ2) is 5.44. The molecule has 1 aliphatic carbocycles. The number of carbonyl (C=O) groups excluding carboxylic acids is 3. The number of hydrogen-bond acceptors (Lipinski definition) is 5. The first kappa shape index (κ1) is 17.1. The highest BCUT2D eigenvalue weighted by Crippen LogP contribution is 2.64. The normalized spacial score (nSPS) is 38.9. The number of carboxylic acid groups (broad SMARTS) is 1. The summed E-state index contributed by atoms with van der Waals surface area (Å²) in [5.74, 6) is -3.00. The Hall–Kier alpha value is -2.74. The molecule has 1 aromatic rings. The minimum atomic E-state index is -1.11. The van der Waals surface area contributed by atoms with E-state index in [4.69, 9.17) is 9.84 Å². The Morgan fingerprint density at radius 2 is 2.03 bits per heavy atom. The first-order valence-electron chi connectivity index (χ1n) is 10.0. The lowest BCUT2D eigenvalue weighted by molar-refractivity contribution is -0.166. The van der Waals surface area contributed by atoms with E-state index in [0.717, 1.165) is 11.3 Å². The number of Topliss-reactive ketones (excluding diaryl/α,β-unsaturated/α-hetero) is 1. The van der Waals surface area contributed by atoms with Crippen molar-refractivity contribution >= 4 is 29.3 Å². The molecule has 1 saturated carbocycles. The predicted molar refractivity (Wildman–Crippen MR) is 98.1 cm³/mol. The number of fused-ring (bicyclic) bond motifs is 4. The van der Waals surface area contributed by atoms with Crippen molar-refractivity contribution in [3.05, 3.63) is 29.8 Å². The maximum Gasteiger partial charge on any atom is 0.329 e. The molecule has 5 aliphatic rings. The highest BCUT2D eigenvalue weighted by Gasteiger charge is 2.72. The summed E-state index contributed by atoms with van der Waals surface area (Å²) in [5.41, 5.74) is 1.50. The minimum absolute atomic E-state index is 0.0191. The van der Waals surface area contributed by atoms with Crippen LogP contribution < -0.4 is 4.90 Å². The summed E-state index contributed by atoms with van der Waals surface area (Å²) in [5, 5.41) is 9.09. The molecular weight excluding hydrogens is 376 g/mol. The number of rotatable bonds is 3. The van der Waals surface area contributed by atoms with E-state index >= 15 is 0 Å². The first-order chi connectivity index (χ1) is 13.9. The van der Waals surface area contributed by atoms with Crippen molar-refractivity contribution in [2.24, 2.45) is 11.8 Å². The van der Waals surface area contributed by atoms with Gasteiger partial charge < -0.3 is 19.6 Å². The van der Waals surface area contributed by atoms with Gasteiger partial charge in [0.15, 0.2) is 0 Å². The van der Waals surface area contributed by atoms with Gasteiger partial charge in [0, 0.05) is 35.5 Å².